The Hall–Kier alpha value is -2.57. The van der Waals surface area contributed by atoms with Gasteiger partial charge in [-0.1, -0.05) is 40.0 Å². The van der Waals surface area contributed by atoms with Crippen LogP contribution in [0, 0.1) is 0 Å². The third-order valence-corrected chi connectivity index (χ3v) is 6.45. The summed E-state index contributed by atoms with van der Waals surface area (Å²) in [6, 6.07) is 0. The van der Waals surface area contributed by atoms with E-state index in [-0.39, 0.29) is 101 Å². The zero-order chi connectivity index (χ0) is 32.2. The Balaban J connectivity index is 5.35. The van der Waals surface area contributed by atoms with E-state index in [0.29, 0.717) is 26.1 Å². The van der Waals surface area contributed by atoms with Gasteiger partial charge in [-0.3, -0.25) is 19.2 Å². The van der Waals surface area contributed by atoms with Gasteiger partial charge in [-0.15, -0.1) is 0 Å². The largest absolute Gasteiger partial charge is 0.378 e. The lowest BCUT2D eigenvalue weighted by Gasteiger charge is -2.34. The summed E-state index contributed by atoms with van der Waals surface area (Å²) < 4.78 is 17.6. The maximum Gasteiger partial charge on any atom is 0.222 e. The lowest BCUT2D eigenvalue weighted by Crippen LogP contribution is -2.58. The molecule has 12 heteroatoms. The number of unbranched alkanes of at least 4 members (excludes halogenated alkanes) is 3. The topological polar surface area (TPSA) is 161 Å². The monoisotopic (exact) mass is 614 g/mol. The molecule has 0 radical (unpaired) electrons. The van der Waals surface area contributed by atoms with E-state index in [9.17, 15) is 24.0 Å². The summed E-state index contributed by atoms with van der Waals surface area (Å²) >= 11 is 0. The van der Waals surface area contributed by atoms with Crippen molar-refractivity contribution >= 4 is 29.4 Å². The average molecular weight is 615 g/mol. The lowest BCUT2D eigenvalue weighted by atomic mass is 10.0. The molecule has 0 saturated carbocycles. The Labute approximate surface area is 258 Å². The van der Waals surface area contributed by atoms with Gasteiger partial charge >= 0.3 is 0 Å². The van der Waals surface area contributed by atoms with Gasteiger partial charge in [0.2, 0.25) is 23.6 Å². The van der Waals surface area contributed by atoms with Crippen molar-refractivity contribution in [3.63, 3.8) is 0 Å². The zero-order valence-electron chi connectivity index (χ0n) is 27.1. The first-order valence-electron chi connectivity index (χ1n) is 16.0. The smallest absolute Gasteiger partial charge is 0.222 e. The fraction of sp³-hybridized carbons (Fsp3) is 0.839. The Morgan fingerprint density at radius 1 is 0.512 bits per heavy atom. The quantitative estimate of drug-likeness (QED) is 0.0935. The van der Waals surface area contributed by atoms with Gasteiger partial charge in [0, 0.05) is 51.7 Å². The molecule has 0 fully saturated rings. The van der Waals surface area contributed by atoms with Crippen LogP contribution in [-0.2, 0) is 38.2 Å². The number of ether oxygens (including phenoxy) is 3. The molecule has 0 bridgehead atoms. The van der Waals surface area contributed by atoms with E-state index in [4.69, 9.17) is 14.2 Å². The van der Waals surface area contributed by atoms with Crippen molar-refractivity contribution in [1.82, 2.24) is 21.3 Å². The van der Waals surface area contributed by atoms with Crippen LogP contribution in [0.3, 0.4) is 0 Å². The Morgan fingerprint density at radius 2 is 0.884 bits per heavy atom. The third kappa shape index (κ3) is 24.6. The molecular formula is C31H58N4O8. The van der Waals surface area contributed by atoms with Gasteiger partial charge in [0.25, 0.3) is 0 Å². The van der Waals surface area contributed by atoms with E-state index < -0.39 is 5.54 Å². The van der Waals surface area contributed by atoms with Gasteiger partial charge < -0.3 is 40.3 Å². The molecule has 0 aliphatic rings. The standard InChI is InChI=1S/C31H58N4O8/c1-5-8-17-32-27(37)14-20-41-23-31(35-30(40)13-11-12-26(4)36,24-42-21-15-28(38)33-18-9-6-2)25-43-22-16-29(39)34-19-10-7-3/h5-25H2,1-4H3,(H,32,37)(H,33,38)(H,34,39)(H,35,40). The maximum atomic E-state index is 12.9. The van der Waals surface area contributed by atoms with Gasteiger partial charge in [-0.2, -0.15) is 0 Å². The van der Waals surface area contributed by atoms with Crippen LogP contribution in [-0.4, -0.2) is 94.2 Å². The first-order chi connectivity index (χ1) is 20.7. The van der Waals surface area contributed by atoms with E-state index in [1.165, 1.54) is 6.92 Å². The van der Waals surface area contributed by atoms with Gasteiger partial charge in [-0.05, 0) is 32.6 Å². The SMILES string of the molecule is CCCCNC(=O)CCOCC(COCCC(=O)NCCCC)(COCCC(=O)NCCCC)NC(=O)CCCC(C)=O. The first kappa shape index (κ1) is 40.4. The highest BCUT2D eigenvalue weighted by Gasteiger charge is 2.34. The molecular weight excluding hydrogens is 556 g/mol. The molecule has 0 unspecified atom stereocenters. The molecule has 0 aromatic carbocycles. The lowest BCUT2D eigenvalue weighted by molar-refractivity contribution is -0.131. The summed E-state index contributed by atoms with van der Waals surface area (Å²) in [4.78, 5) is 60.6. The minimum atomic E-state index is -1.14. The van der Waals surface area contributed by atoms with E-state index in [1.54, 1.807) is 0 Å². The van der Waals surface area contributed by atoms with Crippen LogP contribution in [0.25, 0.3) is 0 Å². The van der Waals surface area contributed by atoms with Crippen molar-refractivity contribution in [2.45, 2.75) is 110 Å². The number of hydrogen-bond donors (Lipinski definition) is 4. The van der Waals surface area contributed by atoms with Crippen LogP contribution < -0.4 is 21.3 Å². The molecule has 4 amide bonds. The Morgan fingerprint density at radius 3 is 1.21 bits per heavy atom. The molecule has 0 rings (SSSR count). The predicted octanol–water partition coefficient (Wildman–Crippen LogP) is 2.57. The molecule has 43 heavy (non-hydrogen) atoms. The first-order valence-corrected chi connectivity index (χ1v) is 16.0. The van der Waals surface area contributed by atoms with Gasteiger partial charge in [0.15, 0.2) is 0 Å². The van der Waals surface area contributed by atoms with E-state index >= 15 is 0 Å². The molecule has 0 aromatic rings. The normalized spacial score (nSPS) is 11.2. The van der Waals surface area contributed by atoms with Gasteiger partial charge in [0.1, 0.15) is 11.3 Å². The molecule has 0 aromatic heterocycles. The predicted molar refractivity (Wildman–Crippen MR) is 165 cm³/mol. The van der Waals surface area contributed by atoms with Crippen LogP contribution >= 0.6 is 0 Å². The molecule has 0 atom stereocenters. The number of ketones is 1. The highest BCUT2D eigenvalue weighted by Crippen LogP contribution is 2.12. The molecule has 0 heterocycles. The summed E-state index contributed by atoms with van der Waals surface area (Å²) in [5, 5.41) is 11.5. The summed E-state index contributed by atoms with van der Waals surface area (Å²) in [6.07, 6.45) is 6.90. The molecule has 0 aliphatic carbocycles. The summed E-state index contributed by atoms with van der Waals surface area (Å²) in [6.45, 7) is 9.77. The number of hydrogen-bond acceptors (Lipinski definition) is 8. The second-order valence-electron chi connectivity index (χ2n) is 10.9. The van der Waals surface area contributed by atoms with Crippen molar-refractivity contribution in [3.05, 3.63) is 0 Å². The van der Waals surface area contributed by atoms with E-state index in [0.717, 1.165) is 38.5 Å². The third-order valence-electron chi connectivity index (χ3n) is 6.45. The Kier molecular flexibility index (Phi) is 25.4. The number of amides is 4. The highest BCUT2D eigenvalue weighted by molar-refractivity contribution is 5.79. The maximum absolute atomic E-state index is 12.9. The molecule has 4 N–H and O–H groups in total. The van der Waals surface area contributed by atoms with Crippen LogP contribution in [0.1, 0.15) is 105 Å². The fourth-order valence-electron chi connectivity index (χ4n) is 3.87. The van der Waals surface area contributed by atoms with Crippen molar-refractivity contribution < 1.29 is 38.2 Å². The molecule has 12 nitrogen and oxygen atoms in total. The van der Waals surface area contributed by atoms with Crippen molar-refractivity contribution in [2.75, 3.05) is 59.3 Å². The molecule has 0 spiro atoms. The molecule has 0 saturated heterocycles. The minimum Gasteiger partial charge on any atom is -0.378 e. The fourth-order valence-corrected chi connectivity index (χ4v) is 3.87. The number of carbonyl (C=O) groups is 5. The number of rotatable bonds is 29. The molecule has 0 aliphatic heterocycles. The van der Waals surface area contributed by atoms with Crippen LogP contribution in [0.2, 0.25) is 0 Å². The second-order valence-corrected chi connectivity index (χ2v) is 10.9. The second kappa shape index (κ2) is 27.0. The minimum absolute atomic E-state index is 0.000651. The van der Waals surface area contributed by atoms with Crippen LogP contribution in [0.4, 0.5) is 0 Å². The highest BCUT2D eigenvalue weighted by atomic mass is 16.5. The van der Waals surface area contributed by atoms with Crippen LogP contribution in [0.15, 0.2) is 0 Å². The van der Waals surface area contributed by atoms with Crippen molar-refractivity contribution in [2.24, 2.45) is 0 Å². The average Bonchev–Trinajstić information content (AvgIpc) is 2.96. The number of Topliss-reactive ketones (excluding diaryl/α,β-unsaturated/α-hetero) is 1. The van der Waals surface area contributed by atoms with Crippen molar-refractivity contribution in [1.29, 1.82) is 0 Å². The Bertz CT molecular complexity index is 720. The van der Waals surface area contributed by atoms with Gasteiger partial charge in [-0.25, -0.2) is 0 Å². The summed E-state index contributed by atoms with van der Waals surface area (Å²) in [7, 11) is 0. The van der Waals surface area contributed by atoms with Crippen molar-refractivity contribution in [3.8, 4) is 0 Å². The summed E-state index contributed by atoms with van der Waals surface area (Å²) in [5.74, 6) is -0.668. The van der Waals surface area contributed by atoms with E-state index in [1.807, 2.05) is 20.8 Å². The zero-order valence-corrected chi connectivity index (χ0v) is 27.1. The van der Waals surface area contributed by atoms with E-state index in [2.05, 4.69) is 21.3 Å². The number of nitrogens with one attached hydrogen (secondary N) is 4. The molecule has 250 valence electrons. The summed E-state index contributed by atoms with van der Waals surface area (Å²) in [5.41, 5.74) is -1.14. The van der Waals surface area contributed by atoms with Crippen LogP contribution in [0.5, 0.6) is 0 Å². The number of carbonyl (C=O) groups excluding carboxylic acids is 5. The van der Waals surface area contributed by atoms with Gasteiger partial charge in [0.05, 0.1) is 39.6 Å².